The number of pyridine rings is 2. The molecule has 6 nitrogen and oxygen atoms in total. The normalized spacial score (nSPS) is 9.63. The molecule has 0 unspecified atom stereocenters. The second-order valence-electron chi connectivity index (χ2n) is 3.44. The Morgan fingerprint density at radius 2 is 2.16 bits per heavy atom. The lowest BCUT2D eigenvalue weighted by molar-refractivity contribution is 0.0948. The molecule has 0 aromatic carbocycles. The van der Waals surface area contributed by atoms with Crippen LogP contribution in [-0.4, -0.2) is 27.5 Å². The van der Waals surface area contributed by atoms with Crippen molar-refractivity contribution < 1.29 is 9.90 Å². The first-order valence-corrected chi connectivity index (χ1v) is 6.13. The van der Waals surface area contributed by atoms with E-state index in [0.717, 1.165) is 0 Å². The maximum Gasteiger partial charge on any atom is 0.271 e. The minimum atomic E-state index is -0.533. The third-order valence-corrected chi connectivity index (χ3v) is 2.32. The largest absolute Gasteiger partial charge is 0.504 e. The van der Waals surface area contributed by atoms with Crippen LogP contribution in [0.1, 0.15) is 31.3 Å². The van der Waals surface area contributed by atoms with Gasteiger partial charge in [0.2, 0.25) is 0 Å². The van der Waals surface area contributed by atoms with Gasteiger partial charge in [-0.1, -0.05) is 13.8 Å². The quantitative estimate of drug-likeness (QED) is 0.763. The molecule has 0 saturated heterocycles. The zero-order valence-electron chi connectivity index (χ0n) is 11.2. The molecule has 2 rings (SSSR count). The smallest absolute Gasteiger partial charge is 0.271 e. The lowest BCUT2D eigenvalue weighted by Gasteiger charge is -2.06. The Bertz CT molecular complexity index is 635. The summed E-state index contributed by atoms with van der Waals surface area (Å²) in [6.07, 6.45) is 1.45. The van der Waals surface area contributed by atoms with Crippen LogP contribution in [0.15, 0.2) is 23.1 Å². The van der Waals surface area contributed by atoms with Gasteiger partial charge < -0.3 is 15.4 Å². The molecule has 0 spiro atoms. The predicted molar refractivity (Wildman–Crippen MR) is 73.4 cm³/mol. The Kier molecular flexibility index (Phi) is 5.05. The summed E-state index contributed by atoms with van der Waals surface area (Å²) in [5.41, 5.74) is -0.493. The molecule has 2 heterocycles. The van der Waals surface area contributed by atoms with Gasteiger partial charge in [0, 0.05) is 12.7 Å². The lowest BCUT2D eigenvalue weighted by Crippen LogP contribution is -2.26. The average molecular weight is 263 g/mol. The third-order valence-electron chi connectivity index (χ3n) is 2.32. The van der Waals surface area contributed by atoms with Crippen molar-refractivity contribution in [3.8, 4) is 5.75 Å². The molecule has 0 aliphatic rings. The predicted octanol–water partition coefficient (Wildman–Crippen LogP) is 1.40. The zero-order valence-corrected chi connectivity index (χ0v) is 11.2. The maximum atomic E-state index is 11.7. The van der Waals surface area contributed by atoms with E-state index in [2.05, 4.69) is 15.3 Å². The van der Waals surface area contributed by atoms with Gasteiger partial charge >= 0.3 is 0 Å². The molecular formula is C13H17N3O3. The van der Waals surface area contributed by atoms with Crippen LogP contribution in [0.3, 0.4) is 0 Å². The van der Waals surface area contributed by atoms with Gasteiger partial charge in [-0.3, -0.25) is 14.6 Å². The summed E-state index contributed by atoms with van der Waals surface area (Å²) in [7, 11) is 0. The fourth-order valence-electron chi connectivity index (χ4n) is 1.55. The van der Waals surface area contributed by atoms with Crippen LogP contribution in [0, 0.1) is 0 Å². The van der Waals surface area contributed by atoms with Gasteiger partial charge in [-0.15, -0.1) is 0 Å². The van der Waals surface area contributed by atoms with E-state index >= 15 is 0 Å². The number of carbonyl (C=O) groups excluding carboxylic acids is 1. The first-order valence-electron chi connectivity index (χ1n) is 6.13. The molecular weight excluding hydrogens is 246 g/mol. The molecule has 0 aliphatic heterocycles. The van der Waals surface area contributed by atoms with Gasteiger partial charge in [0.05, 0.1) is 5.39 Å². The van der Waals surface area contributed by atoms with E-state index in [9.17, 15) is 14.7 Å². The summed E-state index contributed by atoms with van der Waals surface area (Å²) in [6.45, 7) is 6.15. The van der Waals surface area contributed by atoms with E-state index in [1.165, 1.54) is 12.3 Å². The van der Waals surface area contributed by atoms with Gasteiger partial charge in [0.1, 0.15) is 5.52 Å². The first-order chi connectivity index (χ1) is 9.15. The number of aromatic hydroxyl groups is 1. The highest BCUT2D eigenvalue weighted by atomic mass is 16.3. The fraction of sp³-hybridized carbons (Fsp3) is 0.308. The van der Waals surface area contributed by atoms with Crippen LogP contribution in [0.25, 0.3) is 10.9 Å². The van der Waals surface area contributed by atoms with E-state index in [-0.39, 0.29) is 22.3 Å². The number of aromatic amines is 1. The summed E-state index contributed by atoms with van der Waals surface area (Å²) in [4.78, 5) is 29.5. The van der Waals surface area contributed by atoms with Gasteiger partial charge in [-0.2, -0.15) is 0 Å². The number of nitrogens with zero attached hydrogens (tertiary/aromatic N) is 1. The van der Waals surface area contributed by atoms with E-state index in [4.69, 9.17) is 0 Å². The molecule has 0 fully saturated rings. The summed E-state index contributed by atoms with van der Waals surface area (Å²) in [5.74, 6) is -0.846. The molecule has 0 atom stereocenters. The SMILES string of the molecule is CC.CCNC(=O)c1[nH]c(=O)c2cccnc2c1O. The molecule has 0 radical (unpaired) electrons. The molecule has 0 aliphatic carbocycles. The Balaban J connectivity index is 0.000000861. The number of fused-ring (bicyclic) bond motifs is 1. The van der Waals surface area contributed by atoms with Crippen molar-refractivity contribution >= 4 is 16.8 Å². The number of rotatable bonds is 2. The van der Waals surface area contributed by atoms with Crippen LogP contribution in [-0.2, 0) is 0 Å². The summed E-state index contributed by atoms with van der Waals surface area (Å²) >= 11 is 0. The lowest BCUT2D eigenvalue weighted by atomic mass is 10.2. The van der Waals surface area contributed by atoms with Crippen molar-refractivity contribution in [3.05, 3.63) is 34.4 Å². The highest BCUT2D eigenvalue weighted by Gasteiger charge is 2.16. The van der Waals surface area contributed by atoms with Crippen LogP contribution in [0.2, 0.25) is 0 Å². The Morgan fingerprint density at radius 1 is 1.47 bits per heavy atom. The van der Waals surface area contributed by atoms with Crippen molar-refractivity contribution in [2.24, 2.45) is 0 Å². The average Bonchev–Trinajstić information content (AvgIpc) is 2.45. The summed E-state index contributed by atoms with van der Waals surface area (Å²) < 4.78 is 0. The monoisotopic (exact) mass is 263 g/mol. The topological polar surface area (TPSA) is 95.1 Å². The molecule has 1 amide bonds. The van der Waals surface area contributed by atoms with E-state index in [1.54, 1.807) is 13.0 Å². The molecule has 6 heteroatoms. The van der Waals surface area contributed by atoms with Gasteiger partial charge in [-0.25, -0.2) is 0 Å². The minimum Gasteiger partial charge on any atom is -0.504 e. The summed E-state index contributed by atoms with van der Waals surface area (Å²) in [6, 6.07) is 3.12. The van der Waals surface area contributed by atoms with Crippen LogP contribution >= 0.6 is 0 Å². The Morgan fingerprint density at radius 3 is 2.79 bits per heavy atom. The number of amides is 1. The number of H-pyrrole nitrogens is 1. The van der Waals surface area contributed by atoms with Crippen molar-refractivity contribution in [1.82, 2.24) is 15.3 Å². The summed E-state index contributed by atoms with van der Waals surface area (Å²) in [5, 5.41) is 12.6. The van der Waals surface area contributed by atoms with Gasteiger partial charge in [-0.05, 0) is 19.1 Å². The van der Waals surface area contributed by atoms with Crippen molar-refractivity contribution in [3.63, 3.8) is 0 Å². The van der Waals surface area contributed by atoms with Crippen LogP contribution < -0.4 is 10.9 Å². The maximum absolute atomic E-state index is 11.7. The second kappa shape index (κ2) is 6.53. The highest BCUT2D eigenvalue weighted by Crippen LogP contribution is 2.21. The van der Waals surface area contributed by atoms with Crippen LogP contribution in [0.5, 0.6) is 5.75 Å². The standard InChI is InChI=1S/C11H11N3O3.C2H6/c1-2-12-11(17)8-9(15)7-6(10(16)14-8)4-3-5-13-7;1-2/h3-5,15H,2H2,1H3,(H,12,17)(H,14,16);1-2H3. The molecule has 2 aromatic rings. The number of nitrogens with one attached hydrogen (secondary N) is 2. The van der Waals surface area contributed by atoms with Crippen LogP contribution in [0.4, 0.5) is 0 Å². The van der Waals surface area contributed by atoms with Gasteiger partial charge in [0.25, 0.3) is 11.5 Å². The zero-order chi connectivity index (χ0) is 14.4. The molecule has 102 valence electrons. The number of hydrogen-bond donors (Lipinski definition) is 3. The molecule has 0 bridgehead atoms. The van der Waals surface area contributed by atoms with E-state index in [1.807, 2.05) is 13.8 Å². The van der Waals surface area contributed by atoms with E-state index < -0.39 is 11.5 Å². The number of aromatic nitrogens is 2. The van der Waals surface area contributed by atoms with Crippen molar-refractivity contribution in [2.75, 3.05) is 6.54 Å². The first kappa shape index (κ1) is 14.7. The van der Waals surface area contributed by atoms with Gasteiger partial charge in [0.15, 0.2) is 11.4 Å². The molecule has 0 saturated carbocycles. The third kappa shape index (κ3) is 2.90. The second-order valence-corrected chi connectivity index (χ2v) is 3.44. The number of hydrogen-bond acceptors (Lipinski definition) is 4. The molecule has 19 heavy (non-hydrogen) atoms. The Labute approximate surface area is 110 Å². The molecule has 2 aromatic heterocycles. The van der Waals surface area contributed by atoms with E-state index in [0.29, 0.717) is 6.54 Å². The van der Waals surface area contributed by atoms with Crippen molar-refractivity contribution in [1.29, 1.82) is 0 Å². The Hall–Kier alpha value is -2.37. The fourth-order valence-corrected chi connectivity index (χ4v) is 1.55. The minimum absolute atomic E-state index is 0.123. The highest BCUT2D eigenvalue weighted by molar-refractivity contribution is 6.00. The van der Waals surface area contributed by atoms with Crippen molar-refractivity contribution in [2.45, 2.75) is 20.8 Å². The number of carbonyl (C=O) groups is 1. The molecule has 3 N–H and O–H groups in total.